The Morgan fingerprint density at radius 2 is 2.12 bits per heavy atom. The number of hydrogen-bond acceptors (Lipinski definition) is 2. The minimum Gasteiger partial charge on any atom is -0.341 e. The molecule has 1 heterocycles. The molecule has 3 heteroatoms. The topological polar surface area (TPSA) is 46.3 Å². The van der Waals surface area contributed by atoms with Gasteiger partial charge in [0.1, 0.15) is 0 Å². The van der Waals surface area contributed by atoms with Crippen molar-refractivity contribution in [2.24, 2.45) is 5.73 Å². The summed E-state index contributed by atoms with van der Waals surface area (Å²) in [5.41, 5.74) is 7.09. The van der Waals surface area contributed by atoms with Crippen LogP contribution in [0.5, 0.6) is 0 Å². The maximum atomic E-state index is 11.9. The van der Waals surface area contributed by atoms with Crippen LogP contribution in [-0.2, 0) is 11.2 Å². The Labute approximate surface area is 103 Å². The number of carbonyl (C=O) groups excluding carboxylic acids is 1. The van der Waals surface area contributed by atoms with Crippen LogP contribution in [-0.4, -0.2) is 29.9 Å². The molecular formula is C14H20N2O. The maximum absolute atomic E-state index is 11.9. The SMILES string of the molecule is N[C@H]1CCN(C(=O)CCCc2ccccc2)C1. The molecule has 2 rings (SSSR count). The van der Waals surface area contributed by atoms with Crippen molar-refractivity contribution in [3.05, 3.63) is 35.9 Å². The van der Waals surface area contributed by atoms with E-state index in [1.54, 1.807) is 0 Å². The van der Waals surface area contributed by atoms with Gasteiger partial charge >= 0.3 is 0 Å². The minimum absolute atomic E-state index is 0.188. The van der Waals surface area contributed by atoms with Gasteiger partial charge in [0.05, 0.1) is 0 Å². The Kier molecular flexibility index (Phi) is 4.15. The molecule has 1 saturated heterocycles. The smallest absolute Gasteiger partial charge is 0.222 e. The van der Waals surface area contributed by atoms with Gasteiger partial charge in [0.2, 0.25) is 5.91 Å². The lowest BCUT2D eigenvalue weighted by atomic mass is 10.1. The third-order valence-corrected chi connectivity index (χ3v) is 3.28. The molecule has 0 unspecified atom stereocenters. The maximum Gasteiger partial charge on any atom is 0.222 e. The fraction of sp³-hybridized carbons (Fsp3) is 0.500. The fourth-order valence-corrected chi connectivity index (χ4v) is 2.26. The minimum atomic E-state index is 0.188. The van der Waals surface area contributed by atoms with Crippen molar-refractivity contribution in [3.63, 3.8) is 0 Å². The highest BCUT2D eigenvalue weighted by Gasteiger charge is 2.22. The Morgan fingerprint density at radius 3 is 2.76 bits per heavy atom. The quantitative estimate of drug-likeness (QED) is 0.856. The molecule has 1 aliphatic heterocycles. The summed E-state index contributed by atoms with van der Waals surface area (Å²) < 4.78 is 0. The third kappa shape index (κ3) is 3.56. The van der Waals surface area contributed by atoms with Crippen molar-refractivity contribution in [1.82, 2.24) is 4.90 Å². The molecule has 92 valence electrons. The lowest BCUT2D eigenvalue weighted by Crippen LogP contribution is -2.31. The Hall–Kier alpha value is -1.35. The summed E-state index contributed by atoms with van der Waals surface area (Å²) in [4.78, 5) is 13.7. The van der Waals surface area contributed by atoms with E-state index in [0.29, 0.717) is 6.42 Å². The van der Waals surface area contributed by atoms with E-state index in [1.807, 2.05) is 23.1 Å². The molecule has 1 aromatic rings. The van der Waals surface area contributed by atoms with Gasteiger partial charge in [-0.05, 0) is 24.8 Å². The number of amides is 1. The monoisotopic (exact) mass is 232 g/mol. The molecule has 0 spiro atoms. The second-order valence-electron chi connectivity index (χ2n) is 4.73. The van der Waals surface area contributed by atoms with Crippen LogP contribution in [0.1, 0.15) is 24.8 Å². The summed E-state index contributed by atoms with van der Waals surface area (Å²) in [6.45, 7) is 1.58. The molecule has 2 N–H and O–H groups in total. The first-order chi connectivity index (χ1) is 8.25. The Bertz CT molecular complexity index is 364. The van der Waals surface area contributed by atoms with Crippen molar-refractivity contribution in [2.45, 2.75) is 31.7 Å². The van der Waals surface area contributed by atoms with Gasteiger partial charge in [0, 0.05) is 25.6 Å². The van der Waals surface area contributed by atoms with E-state index < -0.39 is 0 Å². The summed E-state index contributed by atoms with van der Waals surface area (Å²) in [5, 5.41) is 0. The molecule has 0 aliphatic carbocycles. The van der Waals surface area contributed by atoms with E-state index in [-0.39, 0.29) is 11.9 Å². The van der Waals surface area contributed by atoms with Crippen molar-refractivity contribution in [1.29, 1.82) is 0 Å². The van der Waals surface area contributed by atoms with Crippen molar-refractivity contribution in [2.75, 3.05) is 13.1 Å². The van der Waals surface area contributed by atoms with Gasteiger partial charge in [-0.1, -0.05) is 30.3 Å². The number of rotatable bonds is 4. The zero-order valence-electron chi connectivity index (χ0n) is 10.1. The molecule has 1 aromatic carbocycles. The molecule has 1 fully saturated rings. The van der Waals surface area contributed by atoms with Crippen LogP contribution >= 0.6 is 0 Å². The van der Waals surface area contributed by atoms with Crippen LogP contribution in [0.25, 0.3) is 0 Å². The number of nitrogens with zero attached hydrogens (tertiary/aromatic N) is 1. The average molecular weight is 232 g/mol. The predicted octanol–water partition coefficient (Wildman–Crippen LogP) is 1.57. The van der Waals surface area contributed by atoms with Crippen LogP contribution in [0.3, 0.4) is 0 Å². The molecule has 1 aliphatic rings. The van der Waals surface area contributed by atoms with Gasteiger partial charge in [-0.3, -0.25) is 4.79 Å². The zero-order valence-corrected chi connectivity index (χ0v) is 10.1. The van der Waals surface area contributed by atoms with E-state index in [0.717, 1.165) is 32.4 Å². The van der Waals surface area contributed by atoms with E-state index in [4.69, 9.17) is 5.73 Å². The number of aryl methyl sites for hydroxylation is 1. The Morgan fingerprint density at radius 1 is 1.35 bits per heavy atom. The summed E-state index contributed by atoms with van der Waals surface area (Å²) in [6, 6.07) is 10.5. The number of likely N-dealkylation sites (tertiary alicyclic amines) is 1. The lowest BCUT2D eigenvalue weighted by molar-refractivity contribution is -0.130. The number of hydrogen-bond donors (Lipinski definition) is 1. The molecule has 0 bridgehead atoms. The molecule has 0 aromatic heterocycles. The zero-order chi connectivity index (χ0) is 12.1. The predicted molar refractivity (Wildman–Crippen MR) is 68.6 cm³/mol. The average Bonchev–Trinajstić information content (AvgIpc) is 2.77. The molecule has 1 atom stereocenters. The highest BCUT2D eigenvalue weighted by atomic mass is 16.2. The molecule has 1 amide bonds. The van der Waals surface area contributed by atoms with Crippen molar-refractivity contribution in [3.8, 4) is 0 Å². The van der Waals surface area contributed by atoms with Crippen molar-refractivity contribution >= 4 is 5.91 Å². The number of benzene rings is 1. The van der Waals surface area contributed by atoms with Gasteiger partial charge < -0.3 is 10.6 Å². The standard InChI is InChI=1S/C14H20N2O/c15-13-9-10-16(11-13)14(17)8-4-7-12-5-2-1-3-6-12/h1-3,5-6,13H,4,7-11,15H2/t13-/m0/s1. The Balaban J connectivity index is 1.70. The number of carbonyl (C=O) groups is 1. The van der Waals surface area contributed by atoms with Crippen LogP contribution in [0, 0.1) is 0 Å². The van der Waals surface area contributed by atoms with Crippen LogP contribution in [0.4, 0.5) is 0 Å². The largest absolute Gasteiger partial charge is 0.341 e. The first-order valence-electron chi connectivity index (χ1n) is 6.33. The summed E-state index contributed by atoms with van der Waals surface area (Å²) >= 11 is 0. The van der Waals surface area contributed by atoms with Gasteiger partial charge in [0.25, 0.3) is 0 Å². The van der Waals surface area contributed by atoms with Crippen molar-refractivity contribution < 1.29 is 4.79 Å². The van der Waals surface area contributed by atoms with Crippen LogP contribution < -0.4 is 5.73 Å². The molecule has 17 heavy (non-hydrogen) atoms. The second-order valence-corrected chi connectivity index (χ2v) is 4.73. The summed E-state index contributed by atoms with van der Waals surface area (Å²) in [6.07, 6.45) is 3.49. The fourth-order valence-electron chi connectivity index (χ4n) is 2.26. The first-order valence-corrected chi connectivity index (χ1v) is 6.33. The van der Waals surface area contributed by atoms with Gasteiger partial charge in [-0.2, -0.15) is 0 Å². The highest BCUT2D eigenvalue weighted by molar-refractivity contribution is 5.76. The third-order valence-electron chi connectivity index (χ3n) is 3.28. The molecule has 0 saturated carbocycles. The molecule has 0 radical (unpaired) electrons. The highest BCUT2D eigenvalue weighted by Crippen LogP contribution is 2.11. The second kappa shape index (κ2) is 5.82. The normalized spacial score (nSPS) is 19.6. The van der Waals surface area contributed by atoms with Crippen LogP contribution in [0.2, 0.25) is 0 Å². The molecule has 3 nitrogen and oxygen atoms in total. The van der Waals surface area contributed by atoms with Gasteiger partial charge in [-0.25, -0.2) is 0 Å². The van der Waals surface area contributed by atoms with E-state index in [2.05, 4.69) is 12.1 Å². The van der Waals surface area contributed by atoms with E-state index in [9.17, 15) is 4.79 Å². The first kappa shape index (κ1) is 12.1. The van der Waals surface area contributed by atoms with Gasteiger partial charge in [0.15, 0.2) is 0 Å². The van der Waals surface area contributed by atoms with Gasteiger partial charge in [-0.15, -0.1) is 0 Å². The lowest BCUT2D eigenvalue weighted by Gasteiger charge is -2.15. The molecular weight excluding hydrogens is 212 g/mol. The summed E-state index contributed by atoms with van der Waals surface area (Å²) in [7, 11) is 0. The summed E-state index contributed by atoms with van der Waals surface area (Å²) in [5.74, 6) is 0.258. The number of nitrogens with two attached hydrogens (primary N) is 1. The van der Waals surface area contributed by atoms with E-state index >= 15 is 0 Å². The van der Waals surface area contributed by atoms with Crippen LogP contribution in [0.15, 0.2) is 30.3 Å². The van der Waals surface area contributed by atoms with E-state index in [1.165, 1.54) is 5.56 Å².